The minimum absolute atomic E-state index is 0. The van der Waals surface area contributed by atoms with E-state index in [0.29, 0.717) is 0 Å². The predicted octanol–water partition coefficient (Wildman–Crippen LogP) is 25.2. The standard InChI is InChI=1S/3C10H8.3C6H8S.2C6H6.4C3H8.3CH4O.3CH4/c3*1-2-6-10-8-4-3-7-9(10)5-1;3*1-2-6-4-3-5-7-6;2*1-2-4-6-5-3-1;4*1-3-2;3*1-2;;;/h3*1-8H;3*3-5H,2H2,1H3;2*1-6H;4*3H2,1-2H3;3*2H,1H3;3*1H4. The average molecular weight is 1200 g/mol. The number of thiophene rings is 3. The zero-order chi connectivity index (χ0) is 61.1. The van der Waals surface area contributed by atoms with Gasteiger partial charge in [-0.3, -0.25) is 0 Å². The van der Waals surface area contributed by atoms with Crippen molar-refractivity contribution in [3.05, 3.63) is 286 Å². The lowest BCUT2D eigenvalue weighted by molar-refractivity contribution is 0.399. The van der Waals surface area contributed by atoms with Gasteiger partial charge in [0, 0.05) is 36.0 Å². The Balaban J connectivity index is -0.000000155. The van der Waals surface area contributed by atoms with E-state index in [-0.39, 0.29) is 22.3 Å². The quantitative estimate of drug-likeness (QED) is 0.165. The van der Waals surface area contributed by atoms with Crippen molar-refractivity contribution in [3.8, 4) is 0 Å². The molecule has 3 aromatic heterocycles. The van der Waals surface area contributed by atoms with E-state index in [1.54, 1.807) is 0 Å². The molecule has 3 nitrogen and oxygen atoms in total. The van der Waals surface area contributed by atoms with Crippen LogP contribution in [0.2, 0.25) is 0 Å². The smallest absolute Gasteiger partial charge is 0.0319 e. The van der Waals surface area contributed by atoms with Crippen molar-refractivity contribution in [1.29, 1.82) is 0 Å². The summed E-state index contributed by atoms with van der Waals surface area (Å²) in [6, 6.07) is 86.9. The van der Waals surface area contributed by atoms with Gasteiger partial charge in [-0.25, -0.2) is 0 Å². The van der Waals surface area contributed by atoms with Crippen molar-refractivity contribution in [2.75, 3.05) is 21.3 Å². The molecule has 0 aliphatic carbocycles. The van der Waals surface area contributed by atoms with Crippen LogP contribution in [0.25, 0.3) is 32.3 Å². The van der Waals surface area contributed by atoms with Crippen molar-refractivity contribution < 1.29 is 15.3 Å². The zero-order valence-electron chi connectivity index (χ0n) is 52.0. The summed E-state index contributed by atoms with van der Waals surface area (Å²) in [6.45, 7) is 23.5. The Kier molecular flexibility index (Phi) is 83.1. The first kappa shape index (κ1) is 91.3. The molecule has 0 bridgehead atoms. The highest BCUT2D eigenvalue weighted by molar-refractivity contribution is 7.10. The van der Waals surface area contributed by atoms with E-state index in [1.165, 1.54) is 91.9 Å². The van der Waals surface area contributed by atoms with Crippen molar-refractivity contribution in [2.45, 2.75) is 143 Å². The van der Waals surface area contributed by atoms with Gasteiger partial charge in [-0.1, -0.05) is 361 Å². The third-order valence-electron chi connectivity index (χ3n) is 9.10. The minimum Gasteiger partial charge on any atom is -0.400 e. The molecule has 0 aliphatic heterocycles. The van der Waals surface area contributed by atoms with Crippen molar-refractivity contribution >= 4 is 66.3 Å². The van der Waals surface area contributed by atoms with Crippen LogP contribution in [0.1, 0.15) is 139 Å². The highest BCUT2D eigenvalue weighted by Gasteiger charge is 1.88. The zero-order valence-corrected chi connectivity index (χ0v) is 54.4. The molecule has 0 saturated carbocycles. The first-order valence-corrected chi connectivity index (χ1v) is 31.2. The lowest BCUT2D eigenvalue weighted by Crippen LogP contribution is -1.67. The van der Waals surface area contributed by atoms with Crippen LogP contribution in [0.5, 0.6) is 0 Å². The van der Waals surface area contributed by atoms with Crippen molar-refractivity contribution in [2.24, 2.45) is 0 Å². The molecule has 0 amide bonds. The predicted molar refractivity (Wildman–Crippen MR) is 394 cm³/mol. The van der Waals surface area contributed by atoms with E-state index in [9.17, 15) is 0 Å². The highest BCUT2D eigenvalue weighted by Crippen LogP contribution is 2.14. The number of aryl methyl sites for hydroxylation is 3. The Morgan fingerprint density at radius 2 is 0.321 bits per heavy atom. The Morgan fingerprint density at radius 3 is 0.393 bits per heavy atom. The number of hydrogen-bond donors (Lipinski definition) is 3. The number of hydrogen-bond acceptors (Lipinski definition) is 6. The summed E-state index contributed by atoms with van der Waals surface area (Å²) in [4.78, 5) is 4.42. The van der Waals surface area contributed by atoms with Crippen molar-refractivity contribution in [3.63, 3.8) is 0 Å². The van der Waals surface area contributed by atoms with Gasteiger partial charge in [-0.05, 0) is 85.9 Å². The average Bonchev–Trinajstić information content (AvgIpc) is 4.41. The lowest BCUT2D eigenvalue weighted by atomic mass is 10.1. The summed E-state index contributed by atoms with van der Waals surface area (Å²) in [5.74, 6) is 0. The SMILES string of the molecule is C.C.C.CCC.CCC.CCC.CCC.CCc1cccs1.CCc1cccs1.CCc1cccs1.CO.CO.CO.c1ccc2ccccc2c1.c1ccc2ccccc2c1.c1ccc2ccccc2c1.c1ccccc1.c1ccccc1. The monoisotopic (exact) mass is 1200 g/mol. The Morgan fingerprint density at radius 1 is 0.202 bits per heavy atom. The Bertz CT molecular complexity index is 2220. The van der Waals surface area contributed by atoms with Crippen LogP contribution < -0.4 is 0 Å². The Labute approximate surface area is 528 Å². The molecule has 464 valence electrons. The minimum atomic E-state index is 0. The molecular formula is C78H116O3S3. The van der Waals surface area contributed by atoms with E-state index in [0.717, 1.165) is 21.3 Å². The molecule has 84 heavy (non-hydrogen) atoms. The van der Waals surface area contributed by atoms with Crippen molar-refractivity contribution in [1.82, 2.24) is 0 Å². The number of rotatable bonds is 3. The molecule has 3 N–H and O–H groups in total. The van der Waals surface area contributed by atoms with Gasteiger partial charge in [-0.15, -0.1) is 34.0 Å². The summed E-state index contributed by atoms with van der Waals surface area (Å²) in [5.41, 5.74) is 0. The van der Waals surface area contributed by atoms with E-state index in [1.807, 2.05) is 107 Å². The molecule has 0 atom stereocenters. The molecule has 11 aromatic rings. The molecule has 0 fully saturated rings. The van der Waals surface area contributed by atoms with E-state index >= 15 is 0 Å². The lowest BCUT2D eigenvalue weighted by Gasteiger charge is -1.92. The molecule has 0 unspecified atom stereocenters. The maximum atomic E-state index is 7.00. The van der Waals surface area contributed by atoms with Crippen LogP contribution in [-0.2, 0) is 19.3 Å². The van der Waals surface area contributed by atoms with Crippen LogP contribution in [0, 0.1) is 0 Å². The second-order valence-corrected chi connectivity index (χ2v) is 19.6. The van der Waals surface area contributed by atoms with Crippen LogP contribution >= 0.6 is 34.0 Å². The van der Waals surface area contributed by atoms with Gasteiger partial charge in [0.25, 0.3) is 0 Å². The van der Waals surface area contributed by atoms with Gasteiger partial charge < -0.3 is 15.3 Å². The first-order chi connectivity index (χ1) is 39.9. The molecule has 11 rings (SSSR count). The van der Waals surface area contributed by atoms with E-state index in [2.05, 4.69) is 274 Å². The third-order valence-corrected chi connectivity index (χ3v) is 12.2. The van der Waals surface area contributed by atoms with Crippen LogP contribution in [0.4, 0.5) is 0 Å². The molecule has 3 heterocycles. The maximum Gasteiger partial charge on any atom is 0.0319 e. The third kappa shape index (κ3) is 56.0. The largest absolute Gasteiger partial charge is 0.400 e. The number of fused-ring (bicyclic) bond motifs is 3. The summed E-state index contributed by atoms with van der Waals surface area (Å²) in [7, 11) is 3.00. The molecular weight excluding hydrogens is 1080 g/mol. The number of benzene rings is 8. The second-order valence-electron chi connectivity index (χ2n) is 16.5. The number of aliphatic hydroxyl groups excluding tert-OH is 3. The first-order valence-electron chi connectivity index (χ1n) is 28.6. The fourth-order valence-corrected chi connectivity index (χ4v) is 7.68. The molecule has 0 spiro atoms. The summed E-state index contributed by atoms with van der Waals surface area (Å²) in [5, 5.41) is 35.2. The topological polar surface area (TPSA) is 60.7 Å². The fraction of sp³-hybridized carbons (Fsp3) is 0.308. The number of aliphatic hydroxyl groups is 3. The second kappa shape index (κ2) is 76.5. The van der Waals surface area contributed by atoms with Gasteiger partial charge in [0.1, 0.15) is 0 Å². The molecule has 0 aliphatic rings. The van der Waals surface area contributed by atoms with Crippen LogP contribution in [0.3, 0.4) is 0 Å². The van der Waals surface area contributed by atoms with E-state index in [4.69, 9.17) is 15.3 Å². The summed E-state index contributed by atoms with van der Waals surface area (Å²) >= 11 is 5.47. The molecule has 6 heteroatoms. The van der Waals surface area contributed by atoms with Crippen LogP contribution in [0.15, 0.2) is 271 Å². The molecule has 8 aromatic carbocycles. The highest BCUT2D eigenvalue weighted by atomic mass is 32.1. The van der Waals surface area contributed by atoms with E-state index < -0.39 is 0 Å². The molecule has 0 radical (unpaired) electrons. The van der Waals surface area contributed by atoms with Crippen LogP contribution in [-0.4, -0.2) is 36.6 Å². The fourth-order valence-electron chi connectivity index (χ4n) is 5.71. The van der Waals surface area contributed by atoms with Gasteiger partial charge in [-0.2, -0.15) is 0 Å². The molecule has 0 saturated heterocycles. The van der Waals surface area contributed by atoms with Gasteiger partial charge >= 0.3 is 0 Å². The maximum absolute atomic E-state index is 7.00. The van der Waals surface area contributed by atoms with Gasteiger partial charge in [0.05, 0.1) is 0 Å². The summed E-state index contributed by atoms with van der Waals surface area (Å²) < 4.78 is 0. The van der Waals surface area contributed by atoms with Gasteiger partial charge in [0.2, 0.25) is 0 Å². The normalized spacial score (nSPS) is 8.11. The summed E-state index contributed by atoms with van der Waals surface area (Å²) in [6.07, 6.45) is 8.53. The van der Waals surface area contributed by atoms with Gasteiger partial charge in [0.15, 0.2) is 0 Å². The Hall–Kier alpha value is -6.48.